The van der Waals surface area contributed by atoms with E-state index < -0.39 is 19.3 Å². The van der Waals surface area contributed by atoms with Crippen LogP contribution in [0.5, 0.6) is 0 Å². The van der Waals surface area contributed by atoms with Crippen molar-refractivity contribution < 1.29 is 14.0 Å². The maximum Gasteiger partial charge on any atom is 0.315 e. The van der Waals surface area contributed by atoms with E-state index in [2.05, 4.69) is 32.6 Å². The van der Waals surface area contributed by atoms with Crippen LogP contribution >= 0.6 is 0 Å². The Hall–Kier alpha value is -1.23. The third-order valence-corrected chi connectivity index (χ3v) is 10.1. The van der Waals surface area contributed by atoms with Gasteiger partial charge in [0.1, 0.15) is 5.41 Å². The first kappa shape index (κ1) is 22.8. The molecule has 0 bridgehead atoms. The maximum absolute atomic E-state index is 12.9. The molecule has 4 heteroatoms. The van der Waals surface area contributed by atoms with Crippen molar-refractivity contribution in [2.24, 2.45) is 5.41 Å². The SMILES string of the molecule is C#CCCC(CC#C)(C(=O)OCC)C(C)(C)O[Si](CC)(CC)CC. The highest BCUT2D eigenvalue weighted by Gasteiger charge is 2.54. The lowest BCUT2D eigenvalue weighted by molar-refractivity contribution is -0.170. The Morgan fingerprint density at radius 1 is 1.04 bits per heavy atom. The molecule has 1 atom stereocenters. The molecular formula is C20H34O3Si. The molecule has 0 saturated carbocycles. The van der Waals surface area contributed by atoms with E-state index >= 15 is 0 Å². The first-order valence-corrected chi connectivity index (χ1v) is 11.5. The quantitative estimate of drug-likeness (QED) is 0.306. The standard InChI is InChI=1S/C20H34O3Si/c1-9-15-17-20(16-10-2,18(21)22-11-3)19(7,8)23-24(12-4,13-5)14-6/h1-2H,11-17H2,3-8H3. The summed E-state index contributed by atoms with van der Waals surface area (Å²) in [5.41, 5.74) is -1.64. The van der Waals surface area contributed by atoms with Gasteiger partial charge in [0.2, 0.25) is 0 Å². The molecule has 0 rings (SSSR count). The molecule has 136 valence electrons. The molecule has 0 saturated heterocycles. The highest BCUT2D eigenvalue weighted by Crippen LogP contribution is 2.46. The Labute approximate surface area is 150 Å². The van der Waals surface area contributed by atoms with Gasteiger partial charge in [-0.1, -0.05) is 20.8 Å². The molecule has 0 heterocycles. The minimum Gasteiger partial charge on any atom is -0.465 e. The summed E-state index contributed by atoms with van der Waals surface area (Å²) in [6.07, 6.45) is 12.3. The highest BCUT2D eigenvalue weighted by molar-refractivity contribution is 6.73. The van der Waals surface area contributed by atoms with Gasteiger partial charge in [0.05, 0.1) is 12.2 Å². The van der Waals surface area contributed by atoms with Gasteiger partial charge >= 0.3 is 5.97 Å². The first-order valence-electron chi connectivity index (χ1n) is 8.99. The summed E-state index contributed by atoms with van der Waals surface area (Å²) in [6, 6.07) is 3.02. The summed E-state index contributed by atoms with van der Waals surface area (Å²) in [7, 11) is -1.93. The van der Waals surface area contributed by atoms with Crippen LogP contribution < -0.4 is 0 Å². The molecule has 24 heavy (non-hydrogen) atoms. The molecule has 0 aliphatic heterocycles. The zero-order chi connectivity index (χ0) is 18.9. The summed E-state index contributed by atoms with van der Waals surface area (Å²) in [6.45, 7) is 12.6. The zero-order valence-corrected chi connectivity index (χ0v) is 17.3. The lowest BCUT2D eigenvalue weighted by Crippen LogP contribution is -2.57. The predicted molar refractivity (Wildman–Crippen MR) is 103 cm³/mol. The van der Waals surface area contributed by atoms with Crippen molar-refractivity contribution in [2.45, 2.75) is 84.5 Å². The van der Waals surface area contributed by atoms with Crippen LogP contribution in [0.25, 0.3) is 0 Å². The fraction of sp³-hybridized carbons (Fsp3) is 0.750. The van der Waals surface area contributed by atoms with Gasteiger partial charge in [-0.05, 0) is 45.3 Å². The molecule has 0 radical (unpaired) electrons. The largest absolute Gasteiger partial charge is 0.465 e. The van der Waals surface area contributed by atoms with E-state index in [0.717, 1.165) is 18.1 Å². The second kappa shape index (κ2) is 9.92. The number of hydrogen-bond donors (Lipinski definition) is 0. The van der Waals surface area contributed by atoms with Crippen LogP contribution in [0.2, 0.25) is 18.1 Å². The minimum absolute atomic E-state index is 0.266. The van der Waals surface area contributed by atoms with Crippen LogP contribution in [0.4, 0.5) is 0 Å². The van der Waals surface area contributed by atoms with Gasteiger partial charge in [0.25, 0.3) is 0 Å². The molecule has 0 aromatic heterocycles. The Morgan fingerprint density at radius 2 is 1.58 bits per heavy atom. The van der Waals surface area contributed by atoms with E-state index in [1.54, 1.807) is 6.92 Å². The lowest BCUT2D eigenvalue weighted by Gasteiger charge is -2.48. The number of terminal acetylenes is 2. The summed E-state index contributed by atoms with van der Waals surface area (Å²) < 4.78 is 12.1. The third-order valence-electron chi connectivity index (χ3n) is 5.32. The number of hydrogen-bond acceptors (Lipinski definition) is 3. The zero-order valence-electron chi connectivity index (χ0n) is 16.3. The number of carbonyl (C=O) groups excluding carboxylic acids is 1. The van der Waals surface area contributed by atoms with Crippen LogP contribution in [-0.4, -0.2) is 26.5 Å². The van der Waals surface area contributed by atoms with E-state index in [9.17, 15) is 4.79 Å². The average molecular weight is 351 g/mol. The lowest BCUT2D eigenvalue weighted by atomic mass is 9.68. The fourth-order valence-corrected chi connectivity index (χ4v) is 6.57. The van der Waals surface area contributed by atoms with Gasteiger partial charge in [-0.15, -0.1) is 24.7 Å². The van der Waals surface area contributed by atoms with Crippen LogP contribution in [-0.2, 0) is 14.0 Å². The van der Waals surface area contributed by atoms with Crippen LogP contribution in [0.1, 0.15) is 60.8 Å². The van der Waals surface area contributed by atoms with Crippen molar-refractivity contribution in [2.75, 3.05) is 6.61 Å². The second-order valence-corrected chi connectivity index (χ2v) is 11.4. The van der Waals surface area contributed by atoms with Crippen molar-refractivity contribution in [1.82, 2.24) is 0 Å². The van der Waals surface area contributed by atoms with Crippen molar-refractivity contribution in [1.29, 1.82) is 0 Å². The smallest absolute Gasteiger partial charge is 0.315 e. The monoisotopic (exact) mass is 350 g/mol. The minimum atomic E-state index is -1.93. The van der Waals surface area contributed by atoms with Gasteiger partial charge in [-0.2, -0.15) is 0 Å². The number of ether oxygens (including phenoxy) is 1. The molecule has 0 fully saturated rings. The van der Waals surface area contributed by atoms with Crippen molar-refractivity contribution in [3.63, 3.8) is 0 Å². The fourth-order valence-electron chi connectivity index (χ4n) is 3.36. The predicted octanol–water partition coefficient (Wildman–Crippen LogP) is 4.77. The Balaban J connectivity index is 6.02. The van der Waals surface area contributed by atoms with Crippen molar-refractivity contribution in [3.05, 3.63) is 0 Å². The van der Waals surface area contributed by atoms with E-state index in [0.29, 0.717) is 19.4 Å². The van der Waals surface area contributed by atoms with Crippen molar-refractivity contribution in [3.8, 4) is 24.7 Å². The number of esters is 1. The highest BCUT2D eigenvalue weighted by atomic mass is 28.4. The van der Waals surface area contributed by atoms with Gasteiger partial charge in [-0.25, -0.2) is 0 Å². The molecule has 0 aromatic carbocycles. The molecule has 0 amide bonds. The van der Waals surface area contributed by atoms with Gasteiger partial charge < -0.3 is 9.16 Å². The van der Waals surface area contributed by atoms with Gasteiger partial charge in [-0.3, -0.25) is 4.79 Å². The molecule has 0 N–H and O–H groups in total. The molecular weight excluding hydrogens is 316 g/mol. The van der Waals surface area contributed by atoms with Gasteiger partial charge in [0.15, 0.2) is 8.32 Å². The average Bonchev–Trinajstić information content (AvgIpc) is 2.56. The normalized spacial score (nSPS) is 14.3. The van der Waals surface area contributed by atoms with Crippen LogP contribution in [0.3, 0.4) is 0 Å². The summed E-state index contributed by atoms with van der Waals surface area (Å²) in [4.78, 5) is 12.9. The summed E-state index contributed by atoms with van der Waals surface area (Å²) >= 11 is 0. The second-order valence-electron chi connectivity index (χ2n) is 6.74. The summed E-state index contributed by atoms with van der Waals surface area (Å²) in [5.74, 6) is 5.01. The number of carbonyl (C=O) groups is 1. The van der Waals surface area contributed by atoms with E-state index in [1.807, 2.05) is 13.8 Å². The topological polar surface area (TPSA) is 35.5 Å². The molecule has 1 unspecified atom stereocenters. The Bertz CT molecular complexity index is 472. The first-order chi connectivity index (χ1) is 11.2. The molecule has 0 spiro atoms. The van der Waals surface area contributed by atoms with E-state index in [-0.39, 0.29) is 12.4 Å². The number of rotatable bonds is 11. The Kier molecular flexibility index (Phi) is 9.41. The van der Waals surface area contributed by atoms with Gasteiger partial charge in [0, 0.05) is 12.8 Å². The molecule has 3 nitrogen and oxygen atoms in total. The van der Waals surface area contributed by atoms with E-state index in [4.69, 9.17) is 22.0 Å². The Morgan fingerprint density at radius 3 is 1.96 bits per heavy atom. The molecule has 0 aliphatic rings. The third kappa shape index (κ3) is 4.88. The molecule has 0 aromatic rings. The summed E-state index contributed by atoms with van der Waals surface area (Å²) in [5, 5.41) is 0. The maximum atomic E-state index is 12.9. The molecule has 0 aliphatic carbocycles. The van der Waals surface area contributed by atoms with Crippen LogP contribution in [0.15, 0.2) is 0 Å². The van der Waals surface area contributed by atoms with Crippen LogP contribution in [0, 0.1) is 30.1 Å². The van der Waals surface area contributed by atoms with E-state index in [1.165, 1.54) is 0 Å². The van der Waals surface area contributed by atoms with Crippen molar-refractivity contribution >= 4 is 14.3 Å².